The van der Waals surface area contributed by atoms with Gasteiger partial charge in [0.2, 0.25) is 0 Å². The van der Waals surface area contributed by atoms with Crippen LogP contribution in [0.4, 0.5) is 11.4 Å². The van der Waals surface area contributed by atoms with Crippen molar-refractivity contribution in [1.29, 1.82) is 0 Å². The molecule has 0 radical (unpaired) electrons. The van der Waals surface area contributed by atoms with Gasteiger partial charge in [-0.3, -0.25) is 14.6 Å². The molecule has 0 unspecified atom stereocenters. The van der Waals surface area contributed by atoms with Crippen LogP contribution in [0.5, 0.6) is 0 Å². The van der Waals surface area contributed by atoms with E-state index in [1.54, 1.807) is 48.5 Å². The third-order valence-corrected chi connectivity index (χ3v) is 6.07. The van der Waals surface area contributed by atoms with E-state index in [9.17, 15) is 13.2 Å². The minimum Gasteiger partial charge on any atom is -0.322 e. The lowest BCUT2D eigenvalue weighted by molar-refractivity contribution is 0.102. The molecule has 1 heterocycles. The van der Waals surface area contributed by atoms with E-state index in [2.05, 4.69) is 20.2 Å². The zero-order chi connectivity index (χ0) is 21.8. The first-order valence-electron chi connectivity index (χ1n) is 9.52. The molecule has 0 spiro atoms. The van der Waals surface area contributed by atoms with Gasteiger partial charge in [-0.2, -0.15) is 5.10 Å². The Balaban J connectivity index is 1.47. The molecule has 0 aliphatic carbocycles. The number of amides is 1. The number of nitrogens with zero attached hydrogens (tertiary/aromatic N) is 1. The summed E-state index contributed by atoms with van der Waals surface area (Å²) in [5, 5.41) is 9.65. The van der Waals surface area contributed by atoms with Crippen molar-refractivity contribution in [3.8, 4) is 11.3 Å². The lowest BCUT2D eigenvalue weighted by Crippen LogP contribution is -2.14. The summed E-state index contributed by atoms with van der Waals surface area (Å²) in [5.41, 5.74) is 3.80. The van der Waals surface area contributed by atoms with Crippen molar-refractivity contribution in [2.24, 2.45) is 0 Å². The number of rotatable bonds is 6. The number of aryl methyl sites for hydroxylation is 1. The fourth-order valence-electron chi connectivity index (χ4n) is 3.03. The van der Waals surface area contributed by atoms with Gasteiger partial charge in [0, 0.05) is 16.9 Å². The highest BCUT2D eigenvalue weighted by atomic mass is 32.2. The molecule has 4 rings (SSSR count). The summed E-state index contributed by atoms with van der Waals surface area (Å²) in [6.07, 6.45) is 1.47. The number of hydrogen-bond acceptors (Lipinski definition) is 4. The monoisotopic (exact) mass is 432 g/mol. The topological polar surface area (TPSA) is 104 Å². The molecular weight excluding hydrogens is 412 g/mol. The first kappa shape index (κ1) is 20.4. The van der Waals surface area contributed by atoms with Crippen molar-refractivity contribution in [2.75, 3.05) is 10.0 Å². The average Bonchev–Trinajstić information content (AvgIpc) is 3.26. The van der Waals surface area contributed by atoms with Crippen molar-refractivity contribution < 1.29 is 13.2 Å². The highest BCUT2D eigenvalue weighted by molar-refractivity contribution is 7.92. The Morgan fingerprint density at radius 1 is 0.871 bits per heavy atom. The molecule has 1 amide bonds. The summed E-state index contributed by atoms with van der Waals surface area (Å²) >= 11 is 0. The first-order chi connectivity index (χ1) is 14.9. The number of H-pyrrole nitrogens is 1. The lowest BCUT2D eigenvalue weighted by Gasteiger charge is -2.10. The average molecular weight is 433 g/mol. The number of carbonyl (C=O) groups is 1. The zero-order valence-electron chi connectivity index (χ0n) is 16.7. The quantitative estimate of drug-likeness (QED) is 0.419. The van der Waals surface area contributed by atoms with Gasteiger partial charge in [0.1, 0.15) is 0 Å². The molecule has 0 saturated heterocycles. The third kappa shape index (κ3) is 4.65. The van der Waals surface area contributed by atoms with Crippen LogP contribution >= 0.6 is 0 Å². The molecule has 0 bridgehead atoms. The van der Waals surface area contributed by atoms with E-state index in [0.29, 0.717) is 22.6 Å². The van der Waals surface area contributed by atoms with E-state index in [1.807, 2.05) is 37.3 Å². The summed E-state index contributed by atoms with van der Waals surface area (Å²) in [6.45, 7) is 1.89. The normalized spacial score (nSPS) is 11.1. The summed E-state index contributed by atoms with van der Waals surface area (Å²) in [7, 11) is -3.69. The van der Waals surface area contributed by atoms with Gasteiger partial charge in [-0.05, 0) is 43.3 Å². The molecule has 1 aromatic heterocycles. The van der Waals surface area contributed by atoms with E-state index in [0.717, 1.165) is 11.1 Å². The van der Waals surface area contributed by atoms with Gasteiger partial charge >= 0.3 is 0 Å². The second-order valence-corrected chi connectivity index (χ2v) is 8.66. The molecule has 0 aliphatic rings. The van der Waals surface area contributed by atoms with Crippen LogP contribution in [-0.2, 0) is 10.0 Å². The van der Waals surface area contributed by atoms with Crippen LogP contribution in [0.2, 0.25) is 0 Å². The maximum Gasteiger partial charge on any atom is 0.261 e. The molecule has 0 fully saturated rings. The molecule has 3 aromatic carbocycles. The summed E-state index contributed by atoms with van der Waals surface area (Å²) in [4.78, 5) is 12.9. The van der Waals surface area contributed by atoms with Gasteiger partial charge in [-0.1, -0.05) is 48.0 Å². The Morgan fingerprint density at radius 2 is 1.52 bits per heavy atom. The molecule has 31 heavy (non-hydrogen) atoms. The van der Waals surface area contributed by atoms with Crippen molar-refractivity contribution in [2.45, 2.75) is 11.8 Å². The number of benzene rings is 3. The molecule has 7 nitrogen and oxygen atoms in total. The predicted octanol–water partition coefficient (Wildman–Crippen LogP) is 4.44. The number of aromatic nitrogens is 2. The van der Waals surface area contributed by atoms with E-state index >= 15 is 0 Å². The Labute approximate surface area is 180 Å². The SMILES string of the molecule is Cc1ccc(S(=O)(=O)Nc2ccc(NC(=O)c3cn[nH]c3-c3ccccc3)cc2)cc1. The molecule has 8 heteroatoms. The Morgan fingerprint density at radius 3 is 2.19 bits per heavy atom. The third-order valence-electron chi connectivity index (χ3n) is 4.67. The first-order valence-corrected chi connectivity index (χ1v) is 11.0. The van der Waals surface area contributed by atoms with Crippen molar-refractivity contribution in [3.05, 3.63) is 96.2 Å². The summed E-state index contributed by atoms with van der Waals surface area (Å²) in [6, 6.07) is 22.5. The van der Waals surface area contributed by atoms with Gasteiger partial charge in [0.25, 0.3) is 15.9 Å². The molecule has 4 aromatic rings. The number of aromatic amines is 1. The van der Waals surface area contributed by atoms with Crippen LogP contribution in [0, 0.1) is 6.92 Å². The van der Waals surface area contributed by atoms with Crippen LogP contribution in [0.25, 0.3) is 11.3 Å². The van der Waals surface area contributed by atoms with Gasteiger partial charge in [-0.15, -0.1) is 0 Å². The van der Waals surface area contributed by atoms with Gasteiger partial charge < -0.3 is 5.32 Å². The largest absolute Gasteiger partial charge is 0.322 e. The van der Waals surface area contributed by atoms with Crippen LogP contribution in [0.15, 0.2) is 90.0 Å². The van der Waals surface area contributed by atoms with Crippen LogP contribution < -0.4 is 10.0 Å². The van der Waals surface area contributed by atoms with E-state index in [4.69, 9.17) is 0 Å². The van der Waals surface area contributed by atoms with E-state index in [-0.39, 0.29) is 10.8 Å². The van der Waals surface area contributed by atoms with E-state index in [1.165, 1.54) is 6.20 Å². The molecule has 0 aliphatic heterocycles. The minimum atomic E-state index is -3.69. The standard InChI is InChI=1S/C23H20N4O3S/c1-16-7-13-20(14-8-16)31(29,30)27-19-11-9-18(10-12-19)25-23(28)21-15-24-26-22(21)17-5-3-2-4-6-17/h2-15,27H,1H3,(H,24,26)(H,25,28). The lowest BCUT2D eigenvalue weighted by atomic mass is 10.1. The number of carbonyl (C=O) groups excluding carboxylic acids is 1. The number of sulfonamides is 1. The molecule has 0 atom stereocenters. The van der Waals surface area contributed by atoms with Gasteiger partial charge in [0.05, 0.1) is 22.3 Å². The minimum absolute atomic E-state index is 0.184. The summed E-state index contributed by atoms with van der Waals surface area (Å²) in [5.74, 6) is -0.319. The second-order valence-electron chi connectivity index (χ2n) is 6.97. The predicted molar refractivity (Wildman–Crippen MR) is 120 cm³/mol. The Kier molecular flexibility index (Phi) is 5.55. The Bertz CT molecular complexity index is 1300. The molecule has 0 saturated carbocycles. The second kappa shape index (κ2) is 8.45. The zero-order valence-corrected chi connectivity index (χ0v) is 17.5. The smallest absolute Gasteiger partial charge is 0.261 e. The maximum absolute atomic E-state index is 12.7. The summed E-state index contributed by atoms with van der Waals surface area (Å²) < 4.78 is 27.6. The number of nitrogens with one attached hydrogen (secondary N) is 3. The Hall–Kier alpha value is -3.91. The van der Waals surface area contributed by atoms with Crippen LogP contribution in [-0.4, -0.2) is 24.5 Å². The van der Waals surface area contributed by atoms with Crippen molar-refractivity contribution in [3.63, 3.8) is 0 Å². The fourth-order valence-corrected chi connectivity index (χ4v) is 4.09. The number of hydrogen-bond donors (Lipinski definition) is 3. The number of anilines is 2. The van der Waals surface area contributed by atoms with Gasteiger partial charge in [0.15, 0.2) is 0 Å². The van der Waals surface area contributed by atoms with Crippen LogP contribution in [0.3, 0.4) is 0 Å². The van der Waals surface area contributed by atoms with Crippen molar-refractivity contribution in [1.82, 2.24) is 10.2 Å². The molecule has 3 N–H and O–H groups in total. The van der Waals surface area contributed by atoms with E-state index < -0.39 is 10.0 Å². The highest BCUT2D eigenvalue weighted by Gasteiger charge is 2.16. The fraction of sp³-hybridized carbons (Fsp3) is 0.0435. The molecule has 156 valence electrons. The van der Waals surface area contributed by atoms with Crippen LogP contribution in [0.1, 0.15) is 15.9 Å². The molecular formula is C23H20N4O3S. The highest BCUT2D eigenvalue weighted by Crippen LogP contribution is 2.23. The van der Waals surface area contributed by atoms with Gasteiger partial charge in [-0.25, -0.2) is 8.42 Å². The maximum atomic E-state index is 12.7. The van der Waals surface area contributed by atoms with Crippen molar-refractivity contribution >= 4 is 27.3 Å².